The zero-order chi connectivity index (χ0) is 15.2. The van der Waals surface area contributed by atoms with Crippen molar-refractivity contribution in [3.8, 4) is 5.75 Å². The average Bonchev–Trinajstić information content (AvgIpc) is 2.98. The second kappa shape index (κ2) is 6.38. The first-order valence-corrected chi connectivity index (χ1v) is 5.95. The lowest BCUT2D eigenvalue weighted by Gasteiger charge is -2.08. The summed E-state index contributed by atoms with van der Waals surface area (Å²) in [6.45, 7) is 0. The largest absolute Gasteiger partial charge is 0.495 e. The van der Waals surface area contributed by atoms with E-state index in [0.29, 0.717) is 11.5 Å². The quantitative estimate of drug-likeness (QED) is 0.518. The number of amides is 1. The molecule has 0 unspecified atom stereocenters. The summed E-state index contributed by atoms with van der Waals surface area (Å²) < 4.78 is 10.1. The van der Waals surface area contributed by atoms with Gasteiger partial charge in [0, 0.05) is 18.2 Å². The van der Waals surface area contributed by atoms with Gasteiger partial charge < -0.3 is 14.5 Å². The lowest BCUT2D eigenvalue weighted by atomic mass is 10.2. The van der Waals surface area contributed by atoms with Crippen molar-refractivity contribution in [2.24, 2.45) is 0 Å². The van der Waals surface area contributed by atoms with Crippen molar-refractivity contribution < 1.29 is 18.9 Å². The third-order valence-electron chi connectivity index (χ3n) is 2.59. The minimum atomic E-state index is -0.548. The van der Waals surface area contributed by atoms with Gasteiger partial charge in [-0.1, -0.05) is 0 Å². The minimum absolute atomic E-state index is 0.138. The topological polar surface area (TPSA) is 94.6 Å². The van der Waals surface area contributed by atoms with Crippen LogP contribution in [0.4, 0.5) is 11.4 Å². The second-order valence-electron chi connectivity index (χ2n) is 3.98. The van der Waals surface area contributed by atoms with E-state index in [9.17, 15) is 14.9 Å². The number of carbonyl (C=O) groups is 1. The highest BCUT2D eigenvalue weighted by molar-refractivity contribution is 6.02. The standard InChI is InChI=1S/C14H12N2O5/c1-20-13-6-4-10(16(18)19)9-12(13)15-14(17)7-5-11-3-2-8-21-11/h2-9H,1H3,(H,15,17)/b7-5+. The molecule has 21 heavy (non-hydrogen) atoms. The predicted octanol–water partition coefficient (Wildman–Crippen LogP) is 2.85. The number of anilines is 1. The Morgan fingerprint density at radius 1 is 1.43 bits per heavy atom. The van der Waals surface area contributed by atoms with Crippen LogP contribution in [0.3, 0.4) is 0 Å². The molecular weight excluding hydrogens is 276 g/mol. The van der Waals surface area contributed by atoms with Crippen molar-refractivity contribution in [1.29, 1.82) is 0 Å². The van der Waals surface area contributed by atoms with Crippen LogP contribution in [-0.2, 0) is 4.79 Å². The number of benzene rings is 1. The molecule has 1 N–H and O–H groups in total. The molecule has 0 fully saturated rings. The summed E-state index contributed by atoms with van der Waals surface area (Å²) in [4.78, 5) is 22.0. The van der Waals surface area contributed by atoms with Crippen LogP contribution >= 0.6 is 0 Å². The van der Waals surface area contributed by atoms with Crippen molar-refractivity contribution in [3.63, 3.8) is 0 Å². The molecular formula is C14H12N2O5. The highest BCUT2D eigenvalue weighted by Gasteiger charge is 2.12. The summed E-state index contributed by atoms with van der Waals surface area (Å²) in [6, 6.07) is 7.34. The molecule has 0 spiro atoms. The lowest BCUT2D eigenvalue weighted by molar-refractivity contribution is -0.384. The van der Waals surface area contributed by atoms with Crippen molar-refractivity contribution in [2.75, 3.05) is 12.4 Å². The summed E-state index contributed by atoms with van der Waals surface area (Å²) in [6.07, 6.45) is 4.23. The monoisotopic (exact) mass is 288 g/mol. The lowest BCUT2D eigenvalue weighted by Crippen LogP contribution is -2.09. The molecule has 108 valence electrons. The van der Waals surface area contributed by atoms with Crippen LogP contribution in [0.5, 0.6) is 5.75 Å². The zero-order valence-corrected chi connectivity index (χ0v) is 11.1. The molecule has 1 aromatic carbocycles. The number of nitrogens with zero attached hydrogens (tertiary/aromatic N) is 1. The Kier molecular flexibility index (Phi) is 4.35. The van der Waals surface area contributed by atoms with Gasteiger partial charge in [-0.2, -0.15) is 0 Å². The van der Waals surface area contributed by atoms with Gasteiger partial charge in [0.25, 0.3) is 5.69 Å². The smallest absolute Gasteiger partial charge is 0.271 e. The van der Waals surface area contributed by atoms with E-state index in [4.69, 9.17) is 9.15 Å². The number of ether oxygens (including phenoxy) is 1. The number of furan rings is 1. The Morgan fingerprint density at radius 3 is 2.86 bits per heavy atom. The number of carbonyl (C=O) groups excluding carboxylic acids is 1. The van der Waals surface area contributed by atoms with Crippen LogP contribution in [-0.4, -0.2) is 17.9 Å². The van der Waals surface area contributed by atoms with Crippen LogP contribution in [0, 0.1) is 10.1 Å². The molecule has 0 atom stereocenters. The van der Waals surface area contributed by atoms with Crippen molar-refractivity contribution in [2.45, 2.75) is 0 Å². The molecule has 0 saturated carbocycles. The Labute approximate surface area is 120 Å². The molecule has 0 saturated heterocycles. The molecule has 1 amide bonds. The molecule has 0 aliphatic heterocycles. The molecule has 1 heterocycles. The fourth-order valence-electron chi connectivity index (χ4n) is 1.63. The molecule has 0 bridgehead atoms. The average molecular weight is 288 g/mol. The SMILES string of the molecule is COc1ccc([N+](=O)[O-])cc1NC(=O)/C=C/c1ccco1. The molecule has 0 aliphatic rings. The van der Waals surface area contributed by atoms with Crippen LogP contribution in [0.2, 0.25) is 0 Å². The minimum Gasteiger partial charge on any atom is -0.495 e. The first-order chi connectivity index (χ1) is 10.1. The first kappa shape index (κ1) is 14.3. The Morgan fingerprint density at radius 2 is 2.24 bits per heavy atom. The van der Waals surface area contributed by atoms with E-state index < -0.39 is 10.8 Å². The van der Waals surface area contributed by atoms with Crippen molar-refractivity contribution in [3.05, 3.63) is 58.5 Å². The van der Waals surface area contributed by atoms with E-state index in [1.165, 1.54) is 43.7 Å². The van der Waals surface area contributed by atoms with Crippen molar-refractivity contribution in [1.82, 2.24) is 0 Å². The van der Waals surface area contributed by atoms with E-state index in [1.54, 1.807) is 12.1 Å². The highest BCUT2D eigenvalue weighted by Crippen LogP contribution is 2.28. The molecule has 2 aromatic rings. The van der Waals surface area contributed by atoms with E-state index in [2.05, 4.69) is 5.32 Å². The number of hydrogen-bond donors (Lipinski definition) is 1. The summed E-state index contributed by atoms with van der Waals surface area (Å²) in [5.41, 5.74) is 0.0851. The molecule has 0 aliphatic carbocycles. The summed E-state index contributed by atoms with van der Waals surface area (Å²) in [7, 11) is 1.41. The Hall–Kier alpha value is -3.09. The number of nitro benzene ring substituents is 1. The maximum absolute atomic E-state index is 11.8. The number of rotatable bonds is 5. The van der Waals surface area contributed by atoms with Crippen LogP contribution in [0.1, 0.15) is 5.76 Å². The molecule has 1 aromatic heterocycles. The van der Waals surface area contributed by atoms with Gasteiger partial charge in [-0.25, -0.2) is 0 Å². The molecule has 0 radical (unpaired) electrons. The van der Waals surface area contributed by atoms with E-state index in [1.807, 2.05) is 0 Å². The molecule has 7 heteroatoms. The zero-order valence-electron chi connectivity index (χ0n) is 11.1. The van der Waals surface area contributed by atoms with E-state index in [0.717, 1.165) is 0 Å². The number of hydrogen-bond acceptors (Lipinski definition) is 5. The fraction of sp³-hybridized carbons (Fsp3) is 0.0714. The van der Waals surface area contributed by atoms with Crippen LogP contribution < -0.4 is 10.1 Å². The number of nitrogens with one attached hydrogen (secondary N) is 1. The third-order valence-corrected chi connectivity index (χ3v) is 2.59. The van der Waals surface area contributed by atoms with E-state index >= 15 is 0 Å². The maximum Gasteiger partial charge on any atom is 0.271 e. The van der Waals surface area contributed by atoms with Gasteiger partial charge in [-0.3, -0.25) is 14.9 Å². The van der Waals surface area contributed by atoms with Gasteiger partial charge >= 0.3 is 0 Å². The molecule has 2 rings (SSSR count). The van der Waals surface area contributed by atoms with Gasteiger partial charge in [-0.05, 0) is 24.3 Å². The van der Waals surface area contributed by atoms with Gasteiger partial charge in [0.05, 0.1) is 24.0 Å². The van der Waals surface area contributed by atoms with Crippen LogP contribution in [0.25, 0.3) is 6.08 Å². The number of nitro groups is 1. The van der Waals surface area contributed by atoms with Crippen molar-refractivity contribution >= 4 is 23.4 Å². The van der Waals surface area contributed by atoms with Crippen LogP contribution in [0.15, 0.2) is 47.1 Å². The molecule has 7 nitrogen and oxygen atoms in total. The third kappa shape index (κ3) is 3.69. The van der Waals surface area contributed by atoms with Gasteiger partial charge in [0.15, 0.2) is 0 Å². The first-order valence-electron chi connectivity index (χ1n) is 5.95. The number of non-ortho nitro benzene ring substituents is 1. The maximum atomic E-state index is 11.8. The van der Waals surface area contributed by atoms with Gasteiger partial charge in [0.2, 0.25) is 5.91 Å². The second-order valence-corrected chi connectivity index (χ2v) is 3.98. The number of methoxy groups -OCH3 is 1. The van der Waals surface area contributed by atoms with Gasteiger partial charge in [-0.15, -0.1) is 0 Å². The van der Waals surface area contributed by atoms with Gasteiger partial charge in [0.1, 0.15) is 11.5 Å². The fourth-order valence-corrected chi connectivity index (χ4v) is 1.63. The summed E-state index contributed by atoms with van der Waals surface area (Å²) >= 11 is 0. The summed E-state index contributed by atoms with van der Waals surface area (Å²) in [5, 5.41) is 13.3. The summed E-state index contributed by atoms with van der Waals surface area (Å²) in [5.74, 6) is 0.404. The normalized spacial score (nSPS) is 10.5. The Bertz CT molecular complexity index is 677. The predicted molar refractivity (Wildman–Crippen MR) is 76.0 cm³/mol. The highest BCUT2D eigenvalue weighted by atomic mass is 16.6. The van der Waals surface area contributed by atoms with E-state index in [-0.39, 0.29) is 11.4 Å². The Balaban J connectivity index is 2.15.